The van der Waals surface area contributed by atoms with Crippen LogP contribution >= 0.6 is 0 Å². The van der Waals surface area contributed by atoms with Gasteiger partial charge in [-0.2, -0.15) is 0 Å². The molecule has 0 fully saturated rings. The van der Waals surface area contributed by atoms with Crippen molar-refractivity contribution in [1.82, 2.24) is 0 Å². The topological polar surface area (TPSA) is 47.9 Å². The molecule has 0 bridgehead atoms. The number of aliphatic hydroxyl groups is 1. The molecule has 1 N–H and O–H groups in total. The van der Waals surface area contributed by atoms with Gasteiger partial charge in [0, 0.05) is 20.3 Å². The van der Waals surface area contributed by atoms with Crippen LogP contribution in [0.5, 0.6) is 0 Å². The van der Waals surface area contributed by atoms with Gasteiger partial charge >= 0.3 is 0 Å². The summed E-state index contributed by atoms with van der Waals surface area (Å²) in [6.07, 6.45) is 3.64. The SMILES string of the molecule is CCCc1ccccc1CC.CCOCCO.CCOCCOC. The van der Waals surface area contributed by atoms with Gasteiger partial charge in [0.1, 0.15) is 0 Å². The molecule has 0 saturated heterocycles. The molecular weight excluding hydrogens is 304 g/mol. The fraction of sp³-hybridized carbons (Fsp3) is 0.700. The molecule has 1 rings (SSSR count). The van der Waals surface area contributed by atoms with Gasteiger partial charge in [-0.15, -0.1) is 0 Å². The van der Waals surface area contributed by atoms with E-state index >= 15 is 0 Å². The monoisotopic (exact) mass is 342 g/mol. The van der Waals surface area contributed by atoms with E-state index in [0.717, 1.165) is 13.0 Å². The highest BCUT2D eigenvalue weighted by Crippen LogP contribution is 2.10. The molecule has 0 spiro atoms. The Morgan fingerprint density at radius 2 is 1.42 bits per heavy atom. The Labute approximate surface area is 149 Å². The molecule has 142 valence electrons. The number of rotatable bonds is 10. The Hall–Kier alpha value is -0.940. The van der Waals surface area contributed by atoms with Gasteiger partial charge in [-0.1, -0.05) is 44.5 Å². The number of benzene rings is 1. The van der Waals surface area contributed by atoms with Crippen molar-refractivity contribution in [1.29, 1.82) is 0 Å². The number of aryl methyl sites for hydroxylation is 2. The van der Waals surface area contributed by atoms with Crippen molar-refractivity contribution in [2.24, 2.45) is 0 Å². The summed E-state index contributed by atoms with van der Waals surface area (Å²) in [5.41, 5.74) is 3.03. The molecule has 0 aliphatic carbocycles. The van der Waals surface area contributed by atoms with Gasteiger partial charge in [-0.25, -0.2) is 0 Å². The van der Waals surface area contributed by atoms with Crippen molar-refractivity contribution in [2.45, 2.75) is 47.0 Å². The van der Waals surface area contributed by atoms with Gasteiger partial charge < -0.3 is 19.3 Å². The third-order valence-electron chi connectivity index (χ3n) is 3.09. The molecule has 0 atom stereocenters. The van der Waals surface area contributed by atoms with Crippen LogP contribution in [-0.4, -0.2) is 51.9 Å². The van der Waals surface area contributed by atoms with Gasteiger partial charge in [0.05, 0.1) is 26.4 Å². The average Bonchev–Trinajstić information content (AvgIpc) is 2.62. The number of ether oxygens (including phenoxy) is 3. The van der Waals surface area contributed by atoms with Crippen LogP contribution in [-0.2, 0) is 27.1 Å². The Bertz CT molecular complexity index is 334. The molecule has 0 radical (unpaired) electrons. The number of aliphatic hydroxyl groups excluding tert-OH is 1. The zero-order valence-electron chi connectivity index (χ0n) is 16.3. The average molecular weight is 343 g/mol. The van der Waals surface area contributed by atoms with Crippen molar-refractivity contribution in [3.63, 3.8) is 0 Å². The van der Waals surface area contributed by atoms with Crippen LogP contribution in [0.2, 0.25) is 0 Å². The van der Waals surface area contributed by atoms with Crippen LogP contribution in [0.1, 0.15) is 45.2 Å². The van der Waals surface area contributed by atoms with Crippen LogP contribution in [0, 0.1) is 0 Å². The van der Waals surface area contributed by atoms with E-state index in [1.54, 1.807) is 7.11 Å². The van der Waals surface area contributed by atoms with Crippen molar-refractivity contribution in [3.8, 4) is 0 Å². The highest BCUT2D eigenvalue weighted by atomic mass is 16.5. The normalized spacial score (nSPS) is 9.58. The number of hydrogen-bond acceptors (Lipinski definition) is 4. The summed E-state index contributed by atoms with van der Waals surface area (Å²) < 4.78 is 14.4. The smallest absolute Gasteiger partial charge is 0.0700 e. The maximum Gasteiger partial charge on any atom is 0.0700 e. The fourth-order valence-electron chi connectivity index (χ4n) is 1.91. The van der Waals surface area contributed by atoms with E-state index in [0.29, 0.717) is 26.4 Å². The molecule has 0 heterocycles. The summed E-state index contributed by atoms with van der Waals surface area (Å²) in [7, 11) is 1.67. The summed E-state index contributed by atoms with van der Waals surface area (Å²) in [5, 5.41) is 8.07. The molecule has 1 aromatic rings. The third-order valence-corrected chi connectivity index (χ3v) is 3.09. The van der Waals surface area contributed by atoms with Crippen molar-refractivity contribution in [3.05, 3.63) is 35.4 Å². The first-order chi connectivity index (χ1) is 11.7. The summed E-state index contributed by atoms with van der Waals surface area (Å²) in [6, 6.07) is 8.72. The highest BCUT2D eigenvalue weighted by molar-refractivity contribution is 5.26. The molecule has 24 heavy (non-hydrogen) atoms. The molecule has 1 aromatic carbocycles. The number of hydrogen-bond donors (Lipinski definition) is 1. The van der Waals surface area contributed by atoms with Gasteiger partial charge in [-0.3, -0.25) is 0 Å². The minimum absolute atomic E-state index is 0.133. The summed E-state index contributed by atoms with van der Waals surface area (Å²) >= 11 is 0. The molecule has 0 aromatic heterocycles. The quantitative estimate of drug-likeness (QED) is 0.655. The zero-order valence-corrected chi connectivity index (χ0v) is 16.3. The molecule has 0 amide bonds. The van der Waals surface area contributed by atoms with E-state index in [9.17, 15) is 0 Å². The third kappa shape index (κ3) is 17.4. The van der Waals surface area contributed by atoms with Crippen molar-refractivity contribution in [2.75, 3.05) is 46.8 Å². The van der Waals surface area contributed by atoms with E-state index in [-0.39, 0.29) is 6.61 Å². The van der Waals surface area contributed by atoms with E-state index in [4.69, 9.17) is 19.3 Å². The summed E-state index contributed by atoms with van der Waals surface area (Å²) in [4.78, 5) is 0. The maximum absolute atomic E-state index is 8.07. The molecule has 0 unspecified atom stereocenters. The van der Waals surface area contributed by atoms with Gasteiger partial charge in [-0.05, 0) is 37.8 Å². The maximum atomic E-state index is 8.07. The summed E-state index contributed by atoms with van der Waals surface area (Å²) in [5.74, 6) is 0. The van der Waals surface area contributed by atoms with Crippen LogP contribution in [0.4, 0.5) is 0 Å². The lowest BCUT2D eigenvalue weighted by atomic mass is 10.0. The standard InChI is InChI=1S/C11H16.C5H12O2.C4H10O2/c1-3-7-11-9-6-5-8-10(11)4-2;1-3-7-5-4-6-2;1-2-6-4-3-5/h5-6,8-9H,3-4,7H2,1-2H3;3-5H2,1-2H3;5H,2-4H2,1H3. The Balaban J connectivity index is 0. The van der Waals surface area contributed by atoms with Crippen LogP contribution in [0.3, 0.4) is 0 Å². The van der Waals surface area contributed by atoms with Crippen LogP contribution in [0.15, 0.2) is 24.3 Å². The largest absolute Gasteiger partial charge is 0.394 e. The second-order valence-corrected chi connectivity index (χ2v) is 4.98. The predicted molar refractivity (Wildman–Crippen MR) is 102 cm³/mol. The molecule has 0 saturated carbocycles. The lowest BCUT2D eigenvalue weighted by molar-refractivity contribution is 0.0777. The van der Waals surface area contributed by atoms with E-state index in [1.165, 1.54) is 24.0 Å². The minimum atomic E-state index is 0.133. The van der Waals surface area contributed by atoms with Crippen LogP contribution < -0.4 is 0 Å². The fourth-order valence-corrected chi connectivity index (χ4v) is 1.91. The number of methoxy groups -OCH3 is 1. The molecule has 4 nitrogen and oxygen atoms in total. The Morgan fingerprint density at radius 1 is 0.833 bits per heavy atom. The van der Waals surface area contributed by atoms with E-state index in [2.05, 4.69) is 38.1 Å². The highest BCUT2D eigenvalue weighted by Gasteiger charge is 1.96. The molecule has 0 aliphatic rings. The van der Waals surface area contributed by atoms with Gasteiger partial charge in [0.15, 0.2) is 0 Å². The Morgan fingerprint density at radius 3 is 1.83 bits per heavy atom. The van der Waals surface area contributed by atoms with Gasteiger partial charge in [0.25, 0.3) is 0 Å². The Kier molecular flexibility index (Phi) is 23.3. The van der Waals surface area contributed by atoms with Gasteiger partial charge in [0.2, 0.25) is 0 Å². The predicted octanol–water partition coefficient (Wildman–Crippen LogP) is 3.89. The molecule has 4 heteroatoms. The lowest BCUT2D eigenvalue weighted by Gasteiger charge is -2.04. The lowest BCUT2D eigenvalue weighted by Crippen LogP contribution is -2.00. The van der Waals surface area contributed by atoms with E-state index < -0.39 is 0 Å². The van der Waals surface area contributed by atoms with Crippen molar-refractivity contribution < 1.29 is 19.3 Å². The second-order valence-electron chi connectivity index (χ2n) is 4.98. The summed E-state index contributed by atoms with van der Waals surface area (Å²) in [6.45, 7) is 11.8. The molecule has 0 aliphatic heterocycles. The first kappa shape index (κ1) is 25.3. The first-order valence-corrected chi connectivity index (χ1v) is 9.03. The first-order valence-electron chi connectivity index (χ1n) is 9.03. The van der Waals surface area contributed by atoms with E-state index in [1.807, 2.05) is 13.8 Å². The minimum Gasteiger partial charge on any atom is -0.394 e. The van der Waals surface area contributed by atoms with Crippen molar-refractivity contribution >= 4 is 0 Å². The van der Waals surface area contributed by atoms with Crippen LogP contribution in [0.25, 0.3) is 0 Å². The zero-order chi connectivity index (χ0) is 18.5. The second kappa shape index (κ2) is 22.1. The molecular formula is C20H38O4.